The van der Waals surface area contributed by atoms with Crippen LogP contribution in [0.4, 0.5) is 0 Å². The summed E-state index contributed by atoms with van der Waals surface area (Å²) in [7, 11) is 0. The van der Waals surface area contributed by atoms with E-state index in [-0.39, 0.29) is 15.7 Å². The van der Waals surface area contributed by atoms with Gasteiger partial charge in [-0.05, 0) is 18.9 Å². The molecular weight excluding hydrogens is 279 g/mol. The number of aliphatic carboxylic acids is 1. The van der Waals surface area contributed by atoms with Crippen molar-refractivity contribution < 1.29 is 14.7 Å². The van der Waals surface area contributed by atoms with Crippen LogP contribution in [0.15, 0.2) is 12.3 Å². The Bertz CT molecular complexity index is 507. The maximum Gasteiger partial charge on any atom is 0.326 e. The molecule has 1 aromatic rings. The lowest BCUT2D eigenvalue weighted by Gasteiger charge is -2.21. The van der Waals surface area contributed by atoms with Gasteiger partial charge in [0.05, 0.1) is 10.6 Å². The molecule has 1 aliphatic heterocycles. The highest BCUT2D eigenvalue weighted by molar-refractivity contribution is 6.35. The van der Waals surface area contributed by atoms with Crippen molar-refractivity contribution in [1.29, 1.82) is 0 Å². The zero-order chi connectivity index (χ0) is 13.3. The van der Waals surface area contributed by atoms with Gasteiger partial charge in [0.2, 0.25) is 0 Å². The van der Waals surface area contributed by atoms with E-state index in [1.807, 2.05) is 0 Å². The lowest BCUT2D eigenvalue weighted by molar-refractivity contribution is -0.141. The van der Waals surface area contributed by atoms with E-state index in [2.05, 4.69) is 4.98 Å². The number of nitrogens with zero attached hydrogens (tertiary/aromatic N) is 2. The summed E-state index contributed by atoms with van der Waals surface area (Å²) in [5, 5.41) is 9.35. The van der Waals surface area contributed by atoms with Crippen molar-refractivity contribution in [2.75, 3.05) is 6.54 Å². The number of aromatic nitrogens is 1. The molecule has 96 valence electrons. The maximum atomic E-state index is 12.2. The lowest BCUT2D eigenvalue weighted by atomic mass is 10.2. The molecule has 1 N–H and O–H groups in total. The van der Waals surface area contributed by atoms with Gasteiger partial charge in [-0.1, -0.05) is 23.2 Å². The summed E-state index contributed by atoms with van der Waals surface area (Å²) in [6.45, 7) is 0.409. The van der Waals surface area contributed by atoms with Crippen molar-refractivity contribution in [2.24, 2.45) is 0 Å². The number of carbonyl (C=O) groups excluding carboxylic acids is 1. The van der Waals surface area contributed by atoms with Gasteiger partial charge in [0, 0.05) is 12.7 Å². The van der Waals surface area contributed by atoms with Gasteiger partial charge >= 0.3 is 5.97 Å². The number of rotatable bonds is 2. The molecule has 0 aromatic carbocycles. The first-order valence-electron chi connectivity index (χ1n) is 5.35. The molecule has 0 spiro atoms. The minimum atomic E-state index is -1.00. The van der Waals surface area contributed by atoms with Gasteiger partial charge in [0.25, 0.3) is 5.91 Å². The van der Waals surface area contributed by atoms with Gasteiger partial charge in [-0.2, -0.15) is 0 Å². The largest absolute Gasteiger partial charge is 0.480 e. The highest BCUT2D eigenvalue weighted by Crippen LogP contribution is 2.25. The summed E-state index contributed by atoms with van der Waals surface area (Å²) in [4.78, 5) is 28.3. The predicted octanol–water partition coefficient (Wildman–Crippen LogP) is 2.08. The molecule has 0 saturated carbocycles. The Kier molecular flexibility index (Phi) is 3.73. The van der Waals surface area contributed by atoms with Crippen molar-refractivity contribution in [3.63, 3.8) is 0 Å². The number of carboxylic acid groups (broad SMARTS) is 1. The van der Waals surface area contributed by atoms with Crippen LogP contribution in [0, 0.1) is 0 Å². The Hall–Kier alpha value is -1.33. The number of carbonyl (C=O) groups is 2. The molecule has 0 radical (unpaired) electrons. The van der Waals surface area contributed by atoms with Crippen molar-refractivity contribution in [3.8, 4) is 0 Å². The molecular formula is C11H10Cl2N2O3. The molecule has 1 saturated heterocycles. The fourth-order valence-corrected chi connectivity index (χ4v) is 2.34. The quantitative estimate of drug-likeness (QED) is 0.846. The predicted molar refractivity (Wildman–Crippen MR) is 66.0 cm³/mol. The number of amides is 1. The van der Waals surface area contributed by atoms with Crippen LogP contribution < -0.4 is 0 Å². The first-order valence-corrected chi connectivity index (χ1v) is 6.11. The van der Waals surface area contributed by atoms with Gasteiger partial charge in [-0.3, -0.25) is 4.79 Å². The van der Waals surface area contributed by atoms with Crippen molar-refractivity contribution in [1.82, 2.24) is 9.88 Å². The topological polar surface area (TPSA) is 70.5 Å². The van der Waals surface area contributed by atoms with Gasteiger partial charge in [-0.15, -0.1) is 0 Å². The normalized spacial score (nSPS) is 19.0. The standard InChI is InChI=1S/C11H10Cl2N2O3/c12-7-5-14-9(13)4-6(7)10(16)15-3-1-2-8(15)11(17)18/h4-5,8H,1-3H2,(H,17,18). The van der Waals surface area contributed by atoms with Crippen LogP contribution in [0.2, 0.25) is 10.2 Å². The number of halogens is 2. The Morgan fingerprint density at radius 2 is 2.17 bits per heavy atom. The second-order valence-electron chi connectivity index (χ2n) is 3.98. The number of carboxylic acids is 1. The van der Waals surface area contributed by atoms with Gasteiger partial charge in [0.1, 0.15) is 11.2 Å². The third-order valence-corrected chi connectivity index (χ3v) is 3.36. The summed E-state index contributed by atoms with van der Waals surface area (Å²) in [6.07, 6.45) is 2.40. The summed E-state index contributed by atoms with van der Waals surface area (Å²) in [5.41, 5.74) is 0.185. The van der Waals surface area contributed by atoms with Crippen LogP contribution in [-0.4, -0.2) is 39.5 Å². The highest BCUT2D eigenvalue weighted by Gasteiger charge is 2.35. The Labute approximate surface area is 113 Å². The fourth-order valence-electron chi connectivity index (χ4n) is 2.00. The molecule has 1 fully saturated rings. The van der Waals surface area contributed by atoms with Gasteiger partial charge < -0.3 is 10.0 Å². The van der Waals surface area contributed by atoms with Crippen molar-refractivity contribution >= 4 is 35.1 Å². The fraction of sp³-hybridized carbons (Fsp3) is 0.364. The average Bonchev–Trinajstić information content (AvgIpc) is 2.80. The zero-order valence-corrected chi connectivity index (χ0v) is 10.8. The Morgan fingerprint density at radius 1 is 1.44 bits per heavy atom. The molecule has 1 aliphatic rings. The van der Waals surface area contributed by atoms with E-state index < -0.39 is 17.9 Å². The lowest BCUT2D eigenvalue weighted by Crippen LogP contribution is -2.40. The molecule has 1 amide bonds. The van der Waals surface area contributed by atoms with Crippen molar-refractivity contribution in [3.05, 3.63) is 28.0 Å². The number of likely N-dealkylation sites (tertiary alicyclic amines) is 1. The monoisotopic (exact) mass is 288 g/mol. The molecule has 0 aliphatic carbocycles. The van der Waals surface area contributed by atoms with Crippen LogP contribution in [-0.2, 0) is 4.79 Å². The molecule has 18 heavy (non-hydrogen) atoms. The van der Waals surface area contributed by atoms with Crippen LogP contribution in [0.3, 0.4) is 0 Å². The molecule has 1 atom stereocenters. The summed E-state index contributed by atoms with van der Waals surface area (Å²) in [6, 6.07) is 0.559. The molecule has 2 rings (SSSR count). The second-order valence-corrected chi connectivity index (χ2v) is 4.78. The molecule has 2 heterocycles. The Balaban J connectivity index is 2.31. The molecule has 1 aromatic heterocycles. The third kappa shape index (κ3) is 2.42. The number of pyridine rings is 1. The molecule has 0 bridgehead atoms. The number of hydrogen-bond acceptors (Lipinski definition) is 3. The van der Waals surface area contributed by atoms with E-state index in [9.17, 15) is 9.59 Å². The first-order chi connectivity index (χ1) is 8.50. The minimum Gasteiger partial charge on any atom is -0.480 e. The molecule has 7 heteroatoms. The van der Waals surface area contributed by atoms with Crippen LogP contribution in [0.25, 0.3) is 0 Å². The SMILES string of the molecule is O=C(O)C1CCCN1C(=O)c1cc(Cl)ncc1Cl. The smallest absolute Gasteiger partial charge is 0.326 e. The van der Waals surface area contributed by atoms with E-state index >= 15 is 0 Å². The Morgan fingerprint density at radius 3 is 2.83 bits per heavy atom. The second kappa shape index (κ2) is 5.12. The summed E-state index contributed by atoms with van der Waals surface area (Å²) in [5.74, 6) is -1.42. The van der Waals surface area contributed by atoms with Gasteiger partial charge in [0.15, 0.2) is 0 Å². The minimum absolute atomic E-state index is 0.147. The van der Waals surface area contributed by atoms with Crippen LogP contribution in [0.5, 0.6) is 0 Å². The first kappa shape index (κ1) is 13.1. The van der Waals surface area contributed by atoms with E-state index in [1.54, 1.807) is 0 Å². The third-order valence-electron chi connectivity index (χ3n) is 2.85. The molecule has 1 unspecified atom stereocenters. The summed E-state index contributed by atoms with van der Waals surface area (Å²) < 4.78 is 0. The number of hydrogen-bond donors (Lipinski definition) is 1. The van der Waals surface area contributed by atoms with Crippen molar-refractivity contribution in [2.45, 2.75) is 18.9 Å². The van der Waals surface area contributed by atoms with E-state index in [0.717, 1.165) is 0 Å². The van der Waals surface area contributed by atoms with E-state index in [1.165, 1.54) is 17.2 Å². The van der Waals surface area contributed by atoms with Gasteiger partial charge in [-0.25, -0.2) is 9.78 Å². The van der Waals surface area contributed by atoms with E-state index in [4.69, 9.17) is 28.3 Å². The highest BCUT2D eigenvalue weighted by atomic mass is 35.5. The van der Waals surface area contributed by atoms with Crippen LogP contribution >= 0.6 is 23.2 Å². The maximum absolute atomic E-state index is 12.2. The summed E-state index contributed by atoms with van der Waals surface area (Å²) >= 11 is 11.6. The zero-order valence-electron chi connectivity index (χ0n) is 9.27. The molecule has 5 nitrogen and oxygen atoms in total. The van der Waals surface area contributed by atoms with E-state index in [0.29, 0.717) is 19.4 Å². The van der Waals surface area contributed by atoms with Crippen LogP contribution in [0.1, 0.15) is 23.2 Å². The average molecular weight is 289 g/mol.